The summed E-state index contributed by atoms with van der Waals surface area (Å²) in [5.74, 6) is -2.84. The lowest BCUT2D eigenvalue weighted by molar-refractivity contribution is -0.147. The van der Waals surface area contributed by atoms with Crippen LogP contribution in [0.3, 0.4) is 0 Å². The molecule has 110 valence electrons. The fourth-order valence-corrected chi connectivity index (χ4v) is 1.67. The van der Waals surface area contributed by atoms with Crippen molar-refractivity contribution in [1.29, 1.82) is 0 Å². The first-order valence-corrected chi connectivity index (χ1v) is 6.21. The van der Waals surface area contributed by atoms with E-state index in [0.29, 0.717) is 0 Å². The van der Waals surface area contributed by atoms with E-state index in [2.05, 4.69) is 4.98 Å². The molecule has 1 unspecified atom stereocenters. The zero-order valence-electron chi connectivity index (χ0n) is 11.1. The van der Waals surface area contributed by atoms with Crippen LogP contribution in [0.1, 0.15) is 27.9 Å². The van der Waals surface area contributed by atoms with Crippen molar-refractivity contribution in [2.24, 2.45) is 5.73 Å². The monoisotopic (exact) mass is 290 g/mol. The number of benzene rings is 1. The van der Waals surface area contributed by atoms with Crippen molar-refractivity contribution in [3.63, 3.8) is 0 Å². The molecular weight excluding hydrogens is 276 g/mol. The first kappa shape index (κ1) is 14.7. The molecule has 0 saturated carbocycles. The van der Waals surface area contributed by atoms with Gasteiger partial charge >= 0.3 is 11.9 Å². The van der Waals surface area contributed by atoms with Crippen molar-refractivity contribution in [2.45, 2.75) is 12.5 Å². The van der Waals surface area contributed by atoms with Crippen molar-refractivity contribution in [2.75, 3.05) is 6.54 Å². The quantitative estimate of drug-likeness (QED) is 0.767. The van der Waals surface area contributed by atoms with Crippen molar-refractivity contribution < 1.29 is 23.8 Å². The average Bonchev–Trinajstić information content (AvgIpc) is 2.97. The minimum atomic E-state index is -1.24. The van der Waals surface area contributed by atoms with E-state index in [4.69, 9.17) is 20.0 Å². The number of carbonyl (C=O) groups is 2. The molecule has 7 heteroatoms. The predicted octanol–water partition coefficient (Wildman–Crippen LogP) is 1.16. The van der Waals surface area contributed by atoms with Crippen molar-refractivity contribution >= 4 is 11.9 Å². The zero-order valence-corrected chi connectivity index (χ0v) is 11.1. The van der Waals surface area contributed by atoms with Crippen LogP contribution in [0.2, 0.25) is 0 Å². The third-order valence-electron chi connectivity index (χ3n) is 2.78. The van der Waals surface area contributed by atoms with E-state index >= 15 is 0 Å². The fraction of sp³-hybridized carbons (Fsp3) is 0.214. The molecule has 0 aliphatic heterocycles. The number of ether oxygens (including phenoxy) is 1. The number of rotatable bonds is 6. The lowest BCUT2D eigenvalue weighted by Crippen LogP contribution is -2.24. The average molecular weight is 290 g/mol. The largest absolute Gasteiger partial charge is 0.476 e. The van der Waals surface area contributed by atoms with Crippen LogP contribution in [0, 0.1) is 0 Å². The van der Waals surface area contributed by atoms with Gasteiger partial charge in [-0.3, -0.25) is 4.79 Å². The van der Waals surface area contributed by atoms with Gasteiger partial charge in [-0.05, 0) is 5.56 Å². The van der Waals surface area contributed by atoms with Crippen LogP contribution in [0.25, 0.3) is 0 Å². The van der Waals surface area contributed by atoms with Crippen LogP contribution in [-0.4, -0.2) is 28.6 Å². The van der Waals surface area contributed by atoms with Gasteiger partial charge in [0.1, 0.15) is 18.8 Å². The molecule has 0 amide bonds. The molecule has 0 radical (unpaired) electrons. The van der Waals surface area contributed by atoms with Gasteiger partial charge in [-0.1, -0.05) is 30.3 Å². The van der Waals surface area contributed by atoms with E-state index in [-0.39, 0.29) is 24.7 Å². The number of carboxylic acids is 1. The van der Waals surface area contributed by atoms with E-state index in [9.17, 15) is 9.59 Å². The lowest BCUT2D eigenvalue weighted by atomic mass is 10.1. The van der Waals surface area contributed by atoms with E-state index in [1.54, 1.807) is 0 Å². The number of nitrogens with two attached hydrogens (primary N) is 1. The van der Waals surface area contributed by atoms with E-state index < -0.39 is 17.9 Å². The summed E-state index contributed by atoms with van der Waals surface area (Å²) in [6, 6.07) is 9.15. The smallest absolute Gasteiger partial charge is 0.357 e. The number of carbonyl (C=O) groups excluding carboxylic acids is 1. The molecule has 0 bridgehead atoms. The molecular formula is C14H14N2O5. The number of oxazole rings is 1. The summed E-state index contributed by atoms with van der Waals surface area (Å²) in [4.78, 5) is 26.4. The Balaban J connectivity index is 2.02. The van der Waals surface area contributed by atoms with E-state index in [1.807, 2.05) is 30.3 Å². The molecule has 7 nitrogen and oxygen atoms in total. The van der Waals surface area contributed by atoms with Crippen LogP contribution in [0.15, 0.2) is 41.0 Å². The van der Waals surface area contributed by atoms with Gasteiger partial charge in [0, 0.05) is 6.54 Å². The Bertz CT molecular complexity index is 623. The maximum atomic E-state index is 12.0. The fourth-order valence-electron chi connectivity index (χ4n) is 1.67. The van der Waals surface area contributed by atoms with Crippen molar-refractivity contribution in [3.05, 3.63) is 53.7 Å². The number of carboxylic acid groups (broad SMARTS) is 1. The molecule has 1 atom stereocenters. The Morgan fingerprint density at radius 1 is 1.33 bits per heavy atom. The topological polar surface area (TPSA) is 116 Å². The number of esters is 1. The highest BCUT2D eigenvalue weighted by molar-refractivity contribution is 5.85. The summed E-state index contributed by atoms with van der Waals surface area (Å²) in [6.45, 7) is 0.00979. The van der Waals surface area contributed by atoms with E-state index in [1.165, 1.54) is 0 Å². The van der Waals surface area contributed by atoms with Gasteiger partial charge in [0.2, 0.25) is 5.89 Å². The second-order valence-electron chi connectivity index (χ2n) is 4.26. The predicted molar refractivity (Wildman–Crippen MR) is 71.5 cm³/mol. The molecule has 3 N–H and O–H groups in total. The molecule has 1 aromatic heterocycles. The van der Waals surface area contributed by atoms with Gasteiger partial charge < -0.3 is 20.0 Å². The second kappa shape index (κ2) is 6.67. The second-order valence-corrected chi connectivity index (χ2v) is 4.26. The zero-order chi connectivity index (χ0) is 15.2. The number of hydrogen-bond donors (Lipinski definition) is 2. The first-order chi connectivity index (χ1) is 10.1. The molecule has 0 aliphatic rings. The van der Waals surface area contributed by atoms with Gasteiger partial charge in [0.15, 0.2) is 5.69 Å². The van der Waals surface area contributed by atoms with Crippen LogP contribution < -0.4 is 5.73 Å². The highest BCUT2D eigenvalue weighted by Gasteiger charge is 2.27. The Hall–Kier alpha value is -2.67. The maximum absolute atomic E-state index is 12.0. The summed E-state index contributed by atoms with van der Waals surface area (Å²) in [7, 11) is 0. The summed E-state index contributed by atoms with van der Waals surface area (Å²) in [5.41, 5.74) is 6.07. The van der Waals surface area contributed by atoms with Gasteiger partial charge in [-0.25, -0.2) is 9.78 Å². The third kappa shape index (κ3) is 3.67. The number of hydrogen-bond acceptors (Lipinski definition) is 6. The highest BCUT2D eigenvalue weighted by Crippen LogP contribution is 2.17. The van der Waals surface area contributed by atoms with Crippen LogP contribution in [0.4, 0.5) is 0 Å². The van der Waals surface area contributed by atoms with Crippen LogP contribution in [0.5, 0.6) is 0 Å². The lowest BCUT2D eigenvalue weighted by Gasteiger charge is -2.10. The molecule has 1 heterocycles. The van der Waals surface area contributed by atoms with Gasteiger partial charge in [0.25, 0.3) is 0 Å². The number of aromatic nitrogens is 1. The summed E-state index contributed by atoms with van der Waals surface area (Å²) < 4.78 is 10.1. The van der Waals surface area contributed by atoms with Crippen molar-refractivity contribution in [1.82, 2.24) is 4.98 Å². The summed E-state index contributed by atoms with van der Waals surface area (Å²) in [6.07, 6.45) is 0.963. The molecule has 2 aromatic rings. The van der Waals surface area contributed by atoms with Crippen molar-refractivity contribution in [3.8, 4) is 0 Å². The highest BCUT2D eigenvalue weighted by atomic mass is 16.5. The Morgan fingerprint density at radius 2 is 2.05 bits per heavy atom. The minimum Gasteiger partial charge on any atom is -0.476 e. The Kier molecular flexibility index (Phi) is 4.68. The maximum Gasteiger partial charge on any atom is 0.357 e. The SMILES string of the molecule is NCC(C(=O)OCc1ccccc1)c1nc(C(=O)O)co1. The van der Waals surface area contributed by atoms with E-state index in [0.717, 1.165) is 11.8 Å². The molecule has 1 aromatic carbocycles. The van der Waals surface area contributed by atoms with Gasteiger partial charge in [-0.2, -0.15) is 0 Å². The third-order valence-corrected chi connectivity index (χ3v) is 2.78. The number of aromatic carboxylic acids is 1. The Labute approximate surface area is 120 Å². The summed E-state index contributed by atoms with van der Waals surface area (Å²) in [5, 5.41) is 8.77. The molecule has 0 spiro atoms. The Morgan fingerprint density at radius 3 is 2.62 bits per heavy atom. The molecule has 21 heavy (non-hydrogen) atoms. The number of nitrogens with zero attached hydrogens (tertiary/aromatic N) is 1. The molecule has 0 aliphatic carbocycles. The van der Waals surface area contributed by atoms with Gasteiger partial charge in [0.05, 0.1) is 0 Å². The summed E-state index contributed by atoms with van der Waals surface area (Å²) >= 11 is 0. The van der Waals surface area contributed by atoms with Crippen LogP contribution in [-0.2, 0) is 16.1 Å². The standard InChI is InChI=1S/C14H14N2O5/c15-6-10(12-16-11(8-20-12)13(17)18)14(19)21-7-9-4-2-1-3-5-9/h1-5,8,10H,6-7,15H2,(H,17,18). The minimum absolute atomic E-state index is 0.0621. The molecule has 0 saturated heterocycles. The normalized spacial score (nSPS) is 11.9. The first-order valence-electron chi connectivity index (χ1n) is 6.21. The molecule has 0 fully saturated rings. The molecule has 2 rings (SSSR count). The van der Waals surface area contributed by atoms with Crippen LogP contribution >= 0.6 is 0 Å². The van der Waals surface area contributed by atoms with Gasteiger partial charge in [-0.15, -0.1) is 0 Å².